The van der Waals surface area contributed by atoms with Crippen molar-refractivity contribution in [3.8, 4) is 11.5 Å². The Hall–Kier alpha value is -3.70. The van der Waals surface area contributed by atoms with Crippen molar-refractivity contribution in [1.29, 1.82) is 0 Å². The number of phenolic OH excluding ortho intramolecular Hbond substituents is 1. The molecule has 0 saturated carbocycles. The second-order valence-electron chi connectivity index (χ2n) is 8.12. The standard InChI is InChI=1S/C26H21Cl2N3O6S/c1-3-37-18-12-16(27)11-17(13-18)29-26(33)20-10-15-6-4-5-7-19(15)22(24(20)32)30-31-23-21(28)9-8-14(2)25(23)38(34,35)36/h4-13,32H,3H2,1-2H3,(H,29,33)(H,34,35,36). The summed E-state index contributed by atoms with van der Waals surface area (Å²) in [6, 6.07) is 15.8. The van der Waals surface area contributed by atoms with E-state index in [9.17, 15) is 22.9 Å². The molecule has 12 heteroatoms. The zero-order chi connectivity index (χ0) is 27.6. The molecule has 196 valence electrons. The second kappa shape index (κ2) is 11.0. The molecule has 3 N–H and O–H groups in total. The van der Waals surface area contributed by atoms with Gasteiger partial charge in [-0.3, -0.25) is 9.35 Å². The van der Waals surface area contributed by atoms with Crippen molar-refractivity contribution in [2.45, 2.75) is 18.7 Å². The molecule has 0 atom stereocenters. The number of hydrogen-bond donors (Lipinski definition) is 3. The summed E-state index contributed by atoms with van der Waals surface area (Å²) in [6.45, 7) is 3.67. The summed E-state index contributed by atoms with van der Waals surface area (Å²) < 4.78 is 39.2. The van der Waals surface area contributed by atoms with Crippen LogP contribution >= 0.6 is 23.2 Å². The largest absolute Gasteiger partial charge is 0.505 e. The number of aryl methyl sites for hydroxylation is 1. The molecule has 38 heavy (non-hydrogen) atoms. The highest BCUT2D eigenvalue weighted by Gasteiger charge is 2.23. The predicted molar refractivity (Wildman–Crippen MR) is 146 cm³/mol. The van der Waals surface area contributed by atoms with Gasteiger partial charge in [0.1, 0.15) is 22.0 Å². The predicted octanol–water partition coefficient (Wildman–Crippen LogP) is 7.47. The minimum Gasteiger partial charge on any atom is -0.505 e. The molecule has 0 fully saturated rings. The molecule has 0 unspecified atom stereocenters. The quantitative estimate of drug-likeness (QED) is 0.155. The molecule has 0 spiro atoms. The lowest BCUT2D eigenvalue weighted by atomic mass is 10.0. The molecule has 0 radical (unpaired) electrons. The molecule has 0 aliphatic carbocycles. The van der Waals surface area contributed by atoms with Gasteiger partial charge >= 0.3 is 0 Å². The average Bonchev–Trinajstić information content (AvgIpc) is 2.84. The van der Waals surface area contributed by atoms with Crippen molar-refractivity contribution in [2.75, 3.05) is 11.9 Å². The normalized spacial score (nSPS) is 11.7. The number of nitrogens with zero attached hydrogens (tertiary/aromatic N) is 2. The number of anilines is 1. The highest BCUT2D eigenvalue weighted by atomic mass is 35.5. The molecule has 0 heterocycles. The van der Waals surface area contributed by atoms with Crippen molar-refractivity contribution in [2.24, 2.45) is 10.2 Å². The third kappa shape index (κ3) is 5.73. The molecule has 4 rings (SSSR count). The number of carbonyl (C=O) groups excluding carboxylic acids is 1. The molecular weight excluding hydrogens is 553 g/mol. The van der Waals surface area contributed by atoms with E-state index >= 15 is 0 Å². The van der Waals surface area contributed by atoms with Crippen LogP contribution in [0.4, 0.5) is 17.1 Å². The number of azo groups is 1. The van der Waals surface area contributed by atoms with Gasteiger partial charge in [0.05, 0.1) is 17.2 Å². The van der Waals surface area contributed by atoms with Crippen LogP contribution in [0.25, 0.3) is 10.8 Å². The van der Waals surface area contributed by atoms with E-state index in [1.165, 1.54) is 31.2 Å². The number of rotatable bonds is 7. The number of benzene rings is 4. The summed E-state index contributed by atoms with van der Waals surface area (Å²) in [7, 11) is -4.70. The van der Waals surface area contributed by atoms with Crippen molar-refractivity contribution in [3.63, 3.8) is 0 Å². The van der Waals surface area contributed by atoms with E-state index in [1.54, 1.807) is 36.4 Å². The van der Waals surface area contributed by atoms with Crippen molar-refractivity contribution < 1.29 is 27.6 Å². The van der Waals surface area contributed by atoms with Gasteiger partial charge in [0.2, 0.25) is 0 Å². The second-order valence-corrected chi connectivity index (χ2v) is 10.3. The van der Waals surface area contributed by atoms with Gasteiger partial charge in [-0.25, -0.2) is 0 Å². The maximum Gasteiger partial charge on any atom is 0.297 e. The minimum absolute atomic E-state index is 0.0873. The summed E-state index contributed by atoms with van der Waals surface area (Å²) in [5.41, 5.74) is -0.00366. The average molecular weight is 574 g/mol. The Bertz CT molecular complexity index is 1710. The van der Waals surface area contributed by atoms with Crippen LogP contribution in [0.15, 0.2) is 75.8 Å². The Kier molecular flexibility index (Phi) is 7.89. The molecule has 0 saturated heterocycles. The van der Waals surface area contributed by atoms with Gasteiger partial charge in [-0.15, -0.1) is 10.2 Å². The molecule has 0 aliphatic heterocycles. The topological polar surface area (TPSA) is 138 Å². The molecule has 0 aliphatic rings. The number of fused-ring (bicyclic) bond motifs is 1. The number of halogens is 2. The van der Waals surface area contributed by atoms with Crippen LogP contribution in [0.3, 0.4) is 0 Å². The molecule has 1 amide bonds. The Morgan fingerprint density at radius 3 is 2.45 bits per heavy atom. The monoisotopic (exact) mass is 573 g/mol. The van der Waals surface area contributed by atoms with E-state index in [0.717, 1.165) is 0 Å². The lowest BCUT2D eigenvalue weighted by Gasteiger charge is -2.13. The van der Waals surface area contributed by atoms with E-state index in [-0.39, 0.29) is 27.5 Å². The van der Waals surface area contributed by atoms with E-state index < -0.39 is 26.7 Å². The van der Waals surface area contributed by atoms with Gasteiger partial charge in [-0.1, -0.05) is 53.5 Å². The summed E-state index contributed by atoms with van der Waals surface area (Å²) in [6.07, 6.45) is 0. The van der Waals surface area contributed by atoms with Gasteiger partial charge < -0.3 is 15.2 Å². The molecule has 0 aromatic heterocycles. The van der Waals surface area contributed by atoms with Gasteiger partial charge in [-0.2, -0.15) is 8.42 Å². The van der Waals surface area contributed by atoms with Crippen LogP contribution in [0.5, 0.6) is 11.5 Å². The smallest absolute Gasteiger partial charge is 0.297 e. The summed E-state index contributed by atoms with van der Waals surface area (Å²) in [5, 5.41) is 23.1. The van der Waals surface area contributed by atoms with Crippen LogP contribution in [-0.4, -0.2) is 30.6 Å². The Labute approximate surface area is 228 Å². The lowest BCUT2D eigenvalue weighted by Crippen LogP contribution is -2.12. The van der Waals surface area contributed by atoms with Crippen molar-refractivity contribution >= 4 is 67.1 Å². The maximum atomic E-state index is 13.2. The molecular formula is C26H21Cl2N3O6S. The van der Waals surface area contributed by atoms with Gasteiger partial charge in [0, 0.05) is 22.2 Å². The molecule has 4 aromatic rings. The fraction of sp³-hybridized carbons (Fsp3) is 0.115. The van der Waals surface area contributed by atoms with Crippen molar-refractivity contribution in [3.05, 3.63) is 81.8 Å². The van der Waals surface area contributed by atoms with E-state index in [0.29, 0.717) is 33.8 Å². The summed E-state index contributed by atoms with van der Waals surface area (Å²) >= 11 is 12.3. The van der Waals surface area contributed by atoms with Crippen molar-refractivity contribution in [1.82, 2.24) is 0 Å². The first-order valence-corrected chi connectivity index (χ1v) is 13.4. The number of nitrogens with one attached hydrogen (secondary N) is 1. The highest BCUT2D eigenvalue weighted by Crippen LogP contribution is 2.42. The maximum absolute atomic E-state index is 13.2. The molecule has 0 bridgehead atoms. The van der Waals surface area contributed by atoms with Crippen LogP contribution < -0.4 is 10.1 Å². The first-order valence-electron chi connectivity index (χ1n) is 11.2. The number of ether oxygens (including phenoxy) is 1. The minimum atomic E-state index is -4.70. The van der Waals surface area contributed by atoms with Crippen LogP contribution in [0.1, 0.15) is 22.8 Å². The zero-order valence-corrected chi connectivity index (χ0v) is 22.4. The van der Waals surface area contributed by atoms with E-state index in [4.69, 9.17) is 27.9 Å². The van der Waals surface area contributed by atoms with Gasteiger partial charge in [-0.05, 0) is 49.1 Å². The molecule has 9 nitrogen and oxygen atoms in total. The number of phenols is 1. The number of aromatic hydroxyl groups is 1. The van der Waals surface area contributed by atoms with Crippen LogP contribution in [0, 0.1) is 6.92 Å². The Morgan fingerprint density at radius 2 is 1.74 bits per heavy atom. The van der Waals surface area contributed by atoms with E-state index in [1.807, 2.05) is 6.92 Å². The summed E-state index contributed by atoms with van der Waals surface area (Å²) in [4.78, 5) is 12.7. The Morgan fingerprint density at radius 1 is 1.03 bits per heavy atom. The third-order valence-corrected chi connectivity index (χ3v) is 7.02. The fourth-order valence-electron chi connectivity index (χ4n) is 3.84. The molecule has 4 aromatic carbocycles. The SMILES string of the molecule is CCOc1cc(Cl)cc(NC(=O)c2cc3ccccc3c(N=Nc3c(Cl)ccc(C)c3S(=O)(=O)O)c2O)c1. The summed E-state index contributed by atoms with van der Waals surface area (Å²) in [5.74, 6) is -0.715. The zero-order valence-electron chi connectivity index (χ0n) is 20.1. The first kappa shape index (κ1) is 27.3. The third-order valence-electron chi connectivity index (χ3n) is 5.47. The number of amides is 1. The van der Waals surface area contributed by atoms with Gasteiger partial charge in [0.25, 0.3) is 16.0 Å². The van der Waals surface area contributed by atoms with E-state index in [2.05, 4.69) is 15.5 Å². The Balaban J connectivity index is 1.83. The van der Waals surface area contributed by atoms with Crippen LogP contribution in [-0.2, 0) is 10.1 Å². The lowest BCUT2D eigenvalue weighted by molar-refractivity contribution is 0.102. The number of carbonyl (C=O) groups is 1. The fourth-order valence-corrected chi connectivity index (χ4v) is 5.19. The first-order chi connectivity index (χ1) is 18.0. The van der Waals surface area contributed by atoms with Crippen LogP contribution in [0.2, 0.25) is 10.0 Å². The highest BCUT2D eigenvalue weighted by molar-refractivity contribution is 7.86. The van der Waals surface area contributed by atoms with Gasteiger partial charge in [0.15, 0.2) is 5.75 Å². The number of hydrogen-bond acceptors (Lipinski definition) is 7.